The number of likely N-dealkylation sites (N-methyl/N-ethyl adjacent to an activating group) is 1. The van der Waals surface area contributed by atoms with Crippen molar-refractivity contribution in [3.63, 3.8) is 0 Å². The fraction of sp³-hybridized carbons (Fsp3) is 0.933. The first-order valence-corrected chi connectivity index (χ1v) is 7.58. The molecular weight excluding hydrogens is 238 g/mol. The van der Waals surface area contributed by atoms with Gasteiger partial charge in [0, 0.05) is 11.6 Å². The van der Waals surface area contributed by atoms with Gasteiger partial charge in [-0.3, -0.25) is 9.69 Å². The number of hydrogen-bond acceptors (Lipinski definition) is 3. The van der Waals surface area contributed by atoms with Crippen molar-refractivity contribution in [1.29, 1.82) is 0 Å². The Morgan fingerprint density at radius 1 is 1.42 bits per heavy atom. The number of rotatable bonds is 5. The van der Waals surface area contributed by atoms with Gasteiger partial charge in [0.15, 0.2) is 0 Å². The van der Waals surface area contributed by atoms with E-state index in [0.29, 0.717) is 12.0 Å². The first kappa shape index (κ1) is 16.4. The quantitative estimate of drug-likeness (QED) is 0.799. The van der Waals surface area contributed by atoms with Gasteiger partial charge in [-0.05, 0) is 59.5 Å². The predicted molar refractivity (Wildman–Crippen MR) is 79.9 cm³/mol. The van der Waals surface area contributed by atoms with Crippen molar-refractivity contribution in [2.24, 2.45) is 11.7 Å². The van der Waals surface area contributed by atoms with E-state index in [1.54, 1.807) is 0 Å². The predicted octanol–water partition coefficient (Wildman–Crippen LogP) is 1.74. The van der Waals surface area contributed by atoms with Crippen molar-refractivity contribution >= 4 is 5.91 Å². The largest absolute Gasteiger partial charge is 0.350 e. The summed E-state index contributed by atoms with van der Waals surface area (Å²) >= 11 is 0. The van der Waals surface area contributed by atoms with Crippen LogP contribution in [0.3, 0.4) is 0 Å². The van der Waals surface area contributed by atoms with Crippen LogP contribution in [-0.2, 0) is 4.79 Å². The first-order valence-electron chi connectivity index (χ1n) is 7.58. The monoisotopic (exact) mass is 269 g/mol. The van der Waals surface area contributed by atoms with E-state index in [1.807, 2.05) is 27.7 Å². The smallest absolute Gasteiger partial charge is 0.237 e. The summed E-state index contributed by atoms with van der Waals surface area (Å²) in [4.78, 5) is 14.7. The van der Waals surface area contributed by atoms with E-state index in [-0.39, 0.29) is 17.5 Å². The molecule has 1 amide bonds. The van der Waals surface area contributed by atoms with Gasteiger partial charge in [0.2, 0.25) is 5.91 Å². The summed E-state index contributed by atoms with van der Waals surface area (Å²) in [6.45, 7) is 11.8. The number of nitrogens with one attached hydrogen (secondary N) is 1. The summed E-state index contributed by atoms with van der Waals surface area (Å²) in [6, 6.07) is 0.386. The lowest BCUT2D eigenvalue weighted by Crippen LogP contribution is -2.54. The molecule has 19 heavy (non-hydrogen) atoms. The van der Waals surface area contributed by atoms with Crippen LogP contribution >= 0.6 is 0 Å². The van der Waals surface area contributed by atoms with Crippen LogP contribution in [0.1, 0.15) is 53.9 Å². The molecule has 4 heteroatoms. The Kier molecular flexibility index (Phi) is 5.81. The summed E-state index contributed by atoms with van der Waals surface area (Å²) in [5.74, 6) is 0.668. The van der Waals surface area contributed by atoms with E-state index in [4.69, 9.17) is 5.73 Å². The second-order valence-electron chi connectivity index (χ2n) is 6.74. The lowest BCUT2D eigenvalue weighted by atomic mass is 10.00. The molecule has 0 aromatic carbocycles. The molecule has 3 atom stereocenters. The van der Waals surface area contributed by atoms with Crippen LogP contribution in [0, 0.1) is 5.92 Å². The highest BCUT2D eigenvalue weighted by Crippen LogP contribution is 2.30. The van der Waals surface area contributed by atoms with Gasteiger partial charge in [0.25, 0.3) is 0 Å². The SMILES string of the molecule is CCN(C(C)C(=O)NC(C)(C)C)C1CCCC1CN. The van der Waals surface area contributed by atoms with Crippen LogP contribution in [0.4, 0.5) is 0 Å². The van der Waals surface area contributed by atoms with Crippen molar-refractivity contribution in [1.82, 2.24) is 10.2 Å². The number of nitrogens with two attached hydrogens (primary N) is 1. The lowest BCUT2D eigenvalue weighted by Gasteiger charge is -2.37. The minimum atomic E-state index is -0.173. The Morgan fingerprint density at radius 2 is 2.05 bits per heavy atom. The maximum Gasteiger partial charge on any atom is 0.237 e. The molecule has 1 aliphatic carbocycles. The van der Waals surface area contributed by atoms with Gasteiger partial charge >= 0.3 is 0 Å². The van der Waals surface area contributed by atoms with Crippen LogP contribution < -0.4 is 11.1 Å². The van der Waals surface area contributed by atoms with Crippen LogP contribution in [0.5, 0.6) is 0 Å². The van der Waals surface area contributed by atoms with Crippen LogP contribution in [-0.4, -0.2) is 41.5 Å². The molecule has 0 aliphatic heterocycles. The number of nitrogens with zero attached hydrogens (tertiary/aromatic N) is 1. The Morgan fingerprint density at radius 3 is 2.53 bits per heavy atom. The highest BCUT2D eigenvalue weighted by molar-refractivity contribution is 5.82. The van der Waals surface area contributed by atoms with E-state index in [0.717, 1.165) is 13.1 Å². The van der Waals surface area contributed by atoms with Gasteiger partial charge in [0.05, 0.1) is 6.04 Å². The van der Waals surface area contributed by atoms with Crippen LogP contribution in [0.2, 0.25) is 0 Å². The van der Waals surface area contributed by atoms with Gasteiger partial charge in [-0.15, -0.1) is 0 Å². The molecule has 1 saturated carbocycles. The minimum absolute atomic E-state index is 0.0821. The van der Waals surface area contributed by atoms with Crippen molar-refractivity contribution in [2.45, 2.75) is 71.5 Å². The summed E-state index contributed by atoms with van der Waals surface area (Å²) in [5.41, 5.74) is 5.69. The van der Waals surface area contributed by atoms with E-state index >= 15 is 0 Å². The second-order valence-corrected chi connectivity index (χ2v) is 6.74. The molecule has 112 valence electrons. The third-order valence-corrected chi connectivity index (χ3v) is 4.09. The molecule has 1 rings (SSSR count). The lowest BCUT2D eigenvalue weighted by molar-refractivity contribution is -0.128. The fourth-order valence-electron chi connectivity index (χ4n) is 3.15. The van der Waals surface area contributed by atoms with Crippen molar-refractivity contribution in [2.75, 3.05) is 13.1 Å². The van der Waals surface area contributed by atoms with Crippen LogP contribution in [0.25, 0.3) is 0 Å². The number of carbonyl (C=O) groups is 1. The van der Waals surface area contributed by atoms with E-state index in [1.165, 1.54) is 19.3 Å². The fourth-order valence-corrected chi connectivity index (χ4v) is 3.15. The standard InChI is InChI=1S/C15H31N3O/c1-6-18(13-9-7-8-12(13)10-16)11(2)14(19)17-15(3,4)5/h11-13H,6-10,16H2,1-5H3,(H,17,19). The summed E-state index contributed by atoms with van der Waals surface area (Å²) in [7, 11) is 0. The van der Waals surface area contributed by atoms with E-state index < -0.39 is 0 Å². The second kappa shape index (κ2) is 6.71. The molecule has 0 saturated heterocycles. The normalized spacial score (nSPS) is 25.6. The highest BCUT2D eigenvalue weighted by atomic mass is 16.2. The van der Waals surface area contributed by atoms with E-state index in [2.05, 4.69) is 17.1 Å². The zero-order valence-corrected chi connectivity index (χ0v) is 13.2. The van der Waals surface area contributed by atoms with Crippen molar-refractivity contribution in [3.8, 4) is 0 Å². The van der Waals surface area contributed by atoms with Gasteiger partial charge in [-0.2, -0.15) is 0 Å². The average Bonchev–Trinajstić information content (AvgIpc) is 2.75. The topological polar surface area (TPSA) is 58.4 Å². The van der Waals surface area contributed by atoms with Gasteiger partial charge < -0.3 is 11.1 Å². The molecule has 0 radical (unpaired) electrons. The summed E-state index contributed by atoms with van der Waals surface area (Å²) in [6.07, 6.45) is 3.60. The highest BCUT2D eigenvalue weighted by Gasteiger charge is 2.35. The molecule has 0 spiro atoms. The number of carbonyl (C=O) groups excluding carboxylic acids is 1. The Hall–Kier alpha value is -0.610. The molecule has 1 aliphatic rings. The molecule has 0 aromatic heterocycles. The van der Waals surface area contributed by atoms with Crippen molar-refractivity contribution in [3.05, 3.63) is 0 Å². The third kappa shape index (κ3) is 4.46. The maximum absolute atomic E-state index is 12.3. The molecule has 3 unspecified atom stereocenters. The summed E-state index contributed by atoms with van der Waals surface area (Å²) < 4.78 is 0. The van der Waals surface area contributed by atoms with Gasteiger partial charge in [0.1, 0.15) is 0 Å². The molecule has 0 heterocycles. The van der Waals surface area contributed by atoms with E-state index in [9.17, 15) is 4.79 Å². The van der Waals surface area contributed by atoms with Gasteiger partial charge in [-0.1, -0.05) is 13.3 Å². The van der Waals surface area contributed by atoms with Crippen molar-refractivity contribution < 1.29 is 4.79 Å². The van der Waals surface area contributed by atoms with Crippen LogP contribution in [0.15, 0.2) is 0 Å². The molecule has 0 aromatic rings. The molecular formula is C15H31N3O. The molecule has 0 bridgehead atoms. The molecule has 1 fully saturated rings. The Bertz CT molecular complexity index is 298. The summed E-state index contributed by atoms with van der Waals surface area (Å²) in [5, 5.41) is 3.08. The number of hydrogen-bond donors (Lipinski definition) is 2. The Balaban J connectivity index is 2.70. The molecule has 4 nitrogen and oxygen atoms in total. The number of amides is 1. The average molecular weight is 269 g/mol. The van der Waals surface area contributed by atoms with Gasteiger partial charge in [-0.25, -0.2) is 0 Å². The first-order chi connectivity index (χ1) is 8.80. The minimum Gasteiger partial charge on any atom is -0.350 e. The Labute approximate surface area is 118 Å². The maximum atomic E-state index is 12.3. The zero-order chi connectivity index (χ0) is 14.6. The molecule has 3 N–H and O–H groups in total. The zero-order valence-electron chi connectivity index (χ0n) is 13.2. The third-order valence-electron chi connectivity index (χ3n) is 4.09.